The molecule has 1 aromatic carbocycles. The van der Waals surface area contributed by atoms with E-state index in [-0.39, 0.29) is 40.5 Å². The maximum absolute atomic E-state index is 13.7. The van der Waals surface area contributed by atoms with Gasteiger partial charge < -0.3 is 9.84 Å². The summed E-state index contributed by atoms with van der Waals surface area (Å²) in [5.41, 5.74) is 1.60. The molecule has 1 aromatic rings. The first kappa shape index (κ1) is 28.6. The molecule has 4 aliphatic carbocycles. The Hall–Kier alpha value is -1.94. The lowest BCUT2D eigenvalue weighted by molar-refractivity contribution is -0.140. The number of benzene rings is 1. The number of hydrogen-bond donors (Lipinski definition) is 1. The summed E-state index contributed by atoms with van der Waals surface area (Å²) in [6.07, 6.45) is 11.6. The third kappa shape index (κ3) is 5.16. The average Bonchev–Trinajstić information content (AvgIpc) is 3.23. The molecule has 214 valence electrons. The van der Waals surface area contributed by atoms with Gasteiger partial charge in [-0.25, -0.2) is 4.79 Å². The first-order chi connectivity index (χ1) is 18.6. The van der Waals surface area contributed by atoms with Crippen LogP contribution < -0.4 is 0 Å². The molecule has 39 heavy (non-hydrogen) atoms. The van der Waals surface area contributed by atoms with Gasteiger partial charge in [0.1, 0.15) is 6.10 Å². The Morgan fingerprint density at radius 3 is 2.51 bits per heavy atom. The Kier molecular flexibility index (Phi) is 8.17. The number of allylic oxidation sites excluding steroid dienone is 1. The molecule has 0 radical (unpaired) electrons. The minimum atomic E-state index is -0.416. The van der Waals surface area contributed by atoms with Crippen LogP contribution in [-0.4, -0.2) is 29.1 Å². The lowest BCUT2D eigenvalue weighted by Crippen LogP contribution is -2.57. The summed E-state index contributed by atoms with van der Waals surface area (Å²) in [7, 11) is 0. The van der Waals surface area contributed by atoms with Gasteiger partial charge in [-0.3, -0.25) is 4.79 Å². The Morgan fingerprint density at radius 1 is 1.08 bits per heavy atom. The summed E-state index contributed by atoms with van der Waals surface area (Å²) in [6, 6.07) is 9.10. The molecule has 4 heteroatoms. The van der Waals surface area contributed by atoms with Crippen LogP contribution in [0.1, 0.15) is 109 Å². The molecule has 0 aromatic heterocycles. The molecular weight excluding hydrogens is 484 g/mol. The van der Waals surface area contributed by atoms with Gasteiger partial charge in [0.15, 0.2) is 5.78 Å². The highest BCUT2D eigenvalue weighted by atomic mass is 16.5. The Balaban J connectivity index is 1.30. The van der Waals surface area contributed by atoms with Gasteiger partial charge in [-0.15, -0.1) is 0 Å². The van der Waals surface area contributed by atoms with E-state index in [9.17, 15) is 14.7 Å². The number of hydrogen-bond acceptors (Lipinski definition) is 4. The molecule has 0 amide bonds. The quantitative estimate of drug-likeness (QED) is 0.346. The van der Waals surface area contributed by atoms with Crippen molar-refractivity contribution in [2.75, 3.05) is 0 Å². The normalized spacial score (nSPS) is 38.4. The third-order valence-corrected chi connectivity index (χ3v) is 11.9. The number of rotatable bonds is 8. The van der Waals surface area contributed by atoms with E-state index in [1.165, 1.54) is 37.7 Å². The van der Waals surface area contributed by atoms with E-state index in [0.29, 0.717) is 23.8 Å². The predicted molar refractivity (Wildman–Crippen MR) is 155 cm³/mol. The minimum Gasteiger partial charge on any atom is -0.459 e. The van der Waals surface area contributed by atoms with Crippen molar-refractivity contribution in [2.24, 2.45) is 46.3 Å². The number of ketones is 1. The van der Waals surface area contributed by atoms with E-state index in [4.69, 9.17) is 4.74 Å². The number of esters is 1. The van der Waals surface area contributed by atoms with Crippen LogP contribution in [0.3, 0.4) is 0 Å². The molecule has 4 nitrogen and oxygen atoms in total. The van der Waals surface area contributed by atoms with Crippen LogP contribution in [0, 0.1) is 46.3 Å². The van der Waals surface area contributed by atoms with Crippen molar-refractivity contribution in [3.63, 3.8) is 0 Å². The molecule has 4 aliphatic rings. The van der Waals surface area contributed by atoms with Crippen LogP contribution in [0.15, 0.2) is 42.0 Å². The molecule has 0 spiro atoms. The highest BCUT2D eigenvalue weighted by Gasteiger charge is 2.62. The molecule has 3 fully saturated rings. The van der Waals surface area contributed by atoms with E-state index in [1.54, 1.807) is 12.1 Å². The van der Waals surface area contributed by atoms with Crippen molar-refractivity contribution >= 4 is 11.8 Å². The van der Waals surface area contributed by atoms with Crippen LogP contribution in [0.25, 0.3) is 0 Å². The van der Waals surface area contributed by atoms with Gasteiger partial charge in [0.25, 0.3) is 0 Å². The first-order valence-corrected chi connectivity index (χ1v) is 15.8. The zero-order valence-electron chi connectivity index (χ0n) is 24.8. The van der Waals surface area contributed by atoms with Gasteiger partial charge in [0, 0.05) is 11.8 Å². The van der Waals surface area contributed by atoms with E-state index in [2.05, 4.69) is 34.6 Å². The number of ether oxygens (including phenoxy) is 1. The van der Waals surface area contributed by atoms with Gasteiger partial charge in [0.05, 0.1) is 11.7 Å². The Bertz CT molecular complexity index is 1080. The summed E-state index contributed by atoms with van der Waals surface area (Å²) in [4.78, 5) is 26.4. The second kappa shape index (κ2) is 11.1. The highest BCUT2D eigenvalue weighted by Crippen LogP contribution is 2.66. The molecule has 5 rings (SSSR count). The van der Waals surface area contributed by atoms with Gasteiger partial charge >= 0.3 is 5.97 Å². The van der Waals surface area contributed by atoms with Crippen LogP contribution in [0.4, 0.5) is 0 Å². The van der Waals surface area contributed by atoms with Crippen molar-refractivity contribution in [1.29, 1.82) is 0 Å². The molecule has 1 N–H and O–H groups in total. The maximum Gasteiger partial charge on any atom is 0.338 e. The fourth-order valence-corrected chi connectivity index (χ4v) is 9.57. The van der Waals surface area contributed by atoms with Crippen LogP contribution in [0.5, 0.6) is 0 Å². The first-order valence-electron chi connectivity index (χ1n) is 15.8. The number of aliphatic hydroxyl groups is 1. The van der Waals surface area contributed by atoms with E-state index < -0.39 is 6.10 Å². The lowest BCUT2D eigenvalue weighted by Gasteiger charge is -2.58. The number of carbonyl (C=O) groups is 2. The smallest absolute Gasteiger partial charge is 0.338 e. The second-order valence-electron chi connectivity index (χ2n) is 14.2. The van der Waals surface area contributed by atoms with Crippen LogP contribution >= 0.6 is 0 Å². The SMILES string of the molecule is CC[C@H](CCC[C@H]1CC[C@H]2C3=CC(=O)[C@H]4C[C@H](OC(=O)c5ccccc5)CC[C@]4(C)[C@H]3[C@H](O)C[C@]12C)C(C)C. The maximum atomic E-state index is 13.7. The van der Waals surface area contributed by atoms with Crippen molar-refractivity contribution in [3.05, 3.63) is 47.5 Å². The van der Waals surface area contributed by atoms with Gasteiger partial charge in [-0.1, -0.05) is 77.7 Å². The molecule has 0 unspecified atom stereocenters. The van der Waals surface area contributed by atoms with Crippen molar-refractivity contribution < 1.29 is 19.4 Å². The monoisotopic (exact) mass is 534 g/mol. The van der Waals surface area contributed by atoms with Crippen LogP contribution in [-0.2, 0) is 9.53 Å². The predicted octanol–water partition coefficient (Wildman–Crippen LogP) is 7.79. The van der Waals surface area contributed by atoms with Crippen molar-refractivity contribution in [2.45, 2.75) is 111 Å². The second-order valence-corrected chi connectivity index (χ2v) is 14.2. The highest BCUT2D eigenvalue weighted by molar-refractivity contribution is 5.95. The van der Waals surface area contributed by atoms with Crippen LogP contribution in [0.2, 0.25) is 0 Å². The number of aliphatic hydroxyl groups excluding tert-OH is 1. The fourth-order valence-electron chi connectivity index (χ4n) is 9.57. The van der Waals surface area contributed by atoms with Gasteiger partial charge in [0.2, 0.25) is 0 Å². The summed E-state index contributed by atoms with van der Waals surface area (Å²) in [5, 5.41) is 11.8. The van der Waals surface area contributed by atoms with Gasteiger partial charge in [-0.2, -0.15) is 0 Å². The van der Waals surface area contributed by atoms with Gasteiger partial charge in [-0.05, 0) is 97.7 Å². The topological polar surface area (TPSA) is 63.6 Å². The zero-order chi connectivity index (χ0) is 27.9. The summed E-state index contributed by atoms with van der Waals surface area (Å²) in [5.74, 6) is 2.27. The minimum absolute atomic E-state index is 0.0354. The lowest BCUT2D eigenvalue weighted by atomic mass is 9.47. The Labute approximate surface area is 236 Å². The van der Waals surface area contributed by atoms with Crippen molar-refractivity contribution in [1.82, 2.24) is 0 Å². The fraction of sp³-hybridized carbons (Fsp3) is 0.714. The Morgan fingerprint density at radius 2 is 1.82 bits per heavy atom. The average molecular weight is 535 g/mol. The van der Waals surface area contributed by atoms with E-state index >= 15 is 0 Å². The zero-order valence-corrected chi connectivity index (χ0v) is 24.8. The summed E-state index contributed by atoms with van der Waals surface area (Å²) < 4.78 is 5.88. The molecule has 9 atom stereocenters. The summed E-state index contributed by atoms with van der Waals surface area (Å²) >= 11 is 0. The van der Waals surface area contributed by atoms with E-state index in [0.717, 1.165) is 37.5 Å². The number of carbonyl (C=O) groups excluding carboxylic acids is 2. The largest absolute Gasteiger partial charge is 0.459 e. The molecule has 0 saturated heterocycles. The molecular formula is C35H50O4. The standard InChI is InChI=1S/C35H50O4/c1-6-23(22(2)3)13-10-14-25-15-16-28-27-20-30(36)29-19-26(39-33(38)24-11-8-7-9-12-24)17-18-34(29,4)32(27)31(37)21-35(25,28)5/h7-9,11-12,20,22-23,25-26,28-29,31-32,37H,6,10,13-19,21H2,1-5H3/t23-,25+,26-,28+,29-,31-,32-,34+,35-/m1/s1. The molecule has 0 bridgehead atoms. The third-order valence-electron chi connectivity index (χ3n) is 11.9. The molecule has 0 aliphatic heterocycles. The molecule has 0 heterocycles. The van der Waals surface area contributed by atoms with Crippen molar-refractivity contribution in [3.8, 4) is 0 Å². The van der Waals surface area contributed by atoms with E-state index in [1.807, 2.05) is 24.3 Å². The summed E-state index contributed by atoms with van der Waals surface area (Å²) in [6.45, 7) is 11.7. The number of fused-ring (bicyclic) bond motifs is 5. The molecule has 3 saturated carbocycles.